The zero-order valence-corrected chi connectivity index (χ0v) is 15.4. The Hall–Kier alpha value is -2.77. The van der Waals surface area contributed by atoms with E-state index in [0.717, 1.165) is 36.9 Å². The van der Waals surface area contributed by atoms with E-state index in [1.165, 1.54) is 10.9 Å². The Labute approximate surface area is 157 Å². The lowest BCUT2D eigenvalue weighted by Gasteiger charge is -2.31. The van der Waals surface area contributed by atoms with Gasteiger partial charge in [-0.2, -0.15) is 0 Å². The van der Waals surface area contributed by atoms with Gasteiger partial charge in [-0.25, -0.2) is 15.0 Å². The SMILES string of the molecule is Cc1cnc(OC2CCN(C(=O)Cn3cnc(C4CC4)cc3=O)CC2)nc1. The average Bonchev–Trinajstić information content (AvgIpc) is 3.51. The van der Waals surface area contributed by atoms with Gasteiger partial charge in [0.25, 0.3) is 5.56 Å². The number of likely N-dealkylation sites (tertiary alicyclic amines) is 1. The van der Waals surface area contributed by atoms with Crippen molar-refractivity contribution in [2.45, 2.75) is 51.2 Å². The third-order valence-electron chi connectivity index (χ3n) is 5.03. The molecule has 142 valence electrons. The van der Waals surface area contributed by atoms with E-state index in [0.29, 0.717) is 25.0 Å². The average molecular weight is 369 g/mol. The fourth-order valence-corrected chi connectivity index (χ4v) is 3.22. The van der Waals surface area contributed by atoms with Crippen molar-refractivity contribution in [1.82, 2.24) is 24.4 Å². The number of nitrogens with zero attached hydrogens (tertiary/aromatic N) is 5. The summed E-state index contributed by atoms with van der Waals surface area (Å²) in [6.45, 7) is 3.15. The Morgan fingerprint density at radius 2 is 1.85 bits per heavy atom. The van der Waals surface area contributed by atoms with E-state index in [-0.39, 0.29) is 24.1 Å². The first kappa shape index (κ1) is 17.6. The summed E-state index contributed by atoms with van der Waals surface area (Å²) < 4.78 is 7.18. The number of rotatable bonds is 5. The van der Waals surface area contributed by atoms with Crippen LogP contribution in [0.3, 0.4) is 0 Å². The normalized spacial score (nSPS) is 17.7. The Morgan fingerprint density at radius 3 is 2.48 bits per heavy atom. The second kappa shape index (κ2) is 7.46. The highest BCUT2D eigenvalue weighted by Crippen LogP contribution is 2.38. The monoisotopic (exact) mass is 369 g/mol. The molecule has 8 heteroatoms. The Kier molecular flexibility index (Phi) is 4.87. The predicted molar refractivity (Wildman–Crippen MR) is 97.5 cm³/mol. The highest BCUT2D eigenvalue weighted by molar-refractivity contribution is 5.76. The molecule has 1 saturated carbocycles. The topological polar surface area (TPSA) is 90.2 Å². The van der Waals surface area contributed by atoms with Crippen LogP contribution in [0.1, 0.15) is 42.9 Å². The summed E-state index contributed by atoms with van der Waals surface area (Å²) in [6.07, 6.45) is 8.58. The predicted octanol–water partition coefficient (Wildman–Crippen LogP) is 1.29. The molecular formula is C19H23N5O3. The van der Waals surface area contributed by atoms with Gasteiger partial charge < -0.3 is 9.64 Å². The van der Waals surface area contributed by atoms with Crippen LogP contribution in [-0.4, -0.2) is 49.5 Å². The second-order valence-electron chi connectivity index (χ2n) is 7.30. The molecule has 0 spiro atoms. The van der Waals surface area contributed by atoms with Crippen LogP contribution in [0.25, 0.3) is 0 Å². The molecule has 1 aliphatic carbocycles. The standard InChI is InChI=1S/C19H23N5O3/c1-13-9-20-19(21-10-13)27-15-4-6-23(7-5-15)18(26)11-24-12-22-16(8-17(24)25)14-2-3-14/h8-10,12,14-15H,2-7,11H2,1H3. The van der Waals surface area contributed by atoms with E-state index in [2.05, 4.69) is 15.0 Å². The number of hydrogen-bond donors (Lipinski definition) is 0. The van der Waals surface area contributed by atoms with E-state index in [1.54, 1.807) is 23.4 Å². The smallest absolute Gasteiger partial charge is 0.316 e. The maximum absolute atomic E-state index is 12.5. The van der Waals surface area contributed by atoms with Crippen LogP contribution in [0, 0.1) is 6.92 Å². The van der Waals surface area contributed by atoms with Gasteiger partial charge in [0.2, 0.25) is 5.91 Å². The molecule has 2 fully saturated rings. The summed E-state index contributed by atoms with van der Waals surface area (Å²) in [6, 6.07) is 1.94. The number of piperidine rings is 1. The molecule has 0 radical (unpaired) electrons. The number of aromatic nitrogens is 4. The summed E-state index contributed by atoms with van der Waals surface area (Å²) in [7, 11) is 0. The van der Waals surface area contributed by atoms with E-state index in [9.17, 15) is 9.59 Å². The number of amides is 1. The largest absolute Gasteiger partial charge is 0.460 e. The van der Waals surface area contributed by atoms with Crippen molar-refractivity contribution < 1.29 is 9.53 Å². The summed E-state index contributed by atoms with van der Waals surface area (Å²) in [5.74, 6) is 0.364. The lowest BCUT2D eigenvalue weighted by atomic mass is 10.1. The molecule has 2 aromatic heterocycles. The van der Waals surface area contributed by atoms with Gasteiger partial charge >= 0.3 is 6.01 Å². The van der Waals surface area contributed by atoms with Crippen LogP contribution in [0.15, 0.2) is 29.6 Å². The molecule has 1 aliphatic heterocycles. The lowest BCUT2D eigenvalue weighted by Crippen LogP contribution is -2.44. The lowest BCUT2D eigenvalue weighted by molar-refractivity contribution is -0.133. The van der Waals surface area contributed by atoms with Crippen molar-refractivity contribution in [3.8, 4) is 6.01 Å². The van der Waals surface area contributed by atoms with Gasteiger partial charge in [-0.05, 0) is 25.3 Å². The number of carbonyl (C=O) groups excluding carboxylic acids is 1. The molecule has 0 aromatic carbocycles. The van der Waals surface area contributed by atoms with Gasteiger partial charge in [0, 0.05) is 50.3 Å². The van der Waals surface area contributed by atoms with E-state index in [4.69, 9.17) is 4.74 Å². The number of hydrogen-bond acceptors (Lipinski definition) is 6. The van der Waals surface area contributed by atoms with Gasteiger partial charge in [-0.1, -0.05) is 0 Å². The van der Waals surface area contributed by atoms with Gasteiger partial charge in [0.05, 0.1) is 12.0 Å². The summed E-state index contributed by atoms with van der Waals surface area (Å²) >= 11 is 0. The van der Waals surface area contributed by atoms with Gasteiger partial charge in [-0.3, -0.25) is 14.2 Å². The molecule has 8 nitrogen and oxygen atoms in total. The Bertz CT molecular complexity index is 868. The Balaban J connectivity index is 1.29. The van der Waals surface area contributed by atoms with Crippen molar-refractivity contribution in [2.24, 2.45) is 0 Å². The quantitative estimate of drug-likeness (QED) is 0.789. The molecule has 0 bridgehead atoms. The zero-order valence-electron chi connectivity index (χ0n) is 15.4. The van der Waals surface area contributed by atoms with Gasteiger partial charge in [-0.15, -0.1) is 0 Å². The summed E-state index contributed by atoms with van der Waals surface area (Å²) in [5.41, 5.74) is 1.67. The van der Waals surface area contributed by atoms with Crippen LogP contribution >= 0.6 is 0 Å². The minimum atomic E-state index is -0.157. The minimum absolute atomic E-state index is 0.000953. The molecule has 1 amide bonds. The molecular weight excluding hydrogens is 346 g/mol. The zero-order chi connectivity index (χ0) is 18.8. The number of aryl methyl sites for hydroxylation is 1. The molecule has 0 atom stereocenters. The molecule has 4 rings (SSSR count). The summed E-state index contributed by atoms with van der Waals surface area (Å²) in [5, 5.41) is 0. The first-order valence-corrected chi connectivity index (χ1v) is 9.38. The van der Waals surface area contributed by atoms with Crippen LogP contribution in [0.4, 0.5) is 0 Å². The van der Waals surface area contributed by atoms with Crippen molar-refractivity contribution in [2.75, 3.05) is 13.1 Å². The van der Waals surface area contributed by atoms with Crippen LogP contribution in [0.2, 0.25) is 0 Å². The van der Waals surface area contributed by atoms with Crippen molar-refractivity contribution in [3.05, 3.63) is 46.4 Å². The molecule has 2 aliphatic rings. The maximum atomic E-state index is 12.5. The number of carbonyl (C=O) groups is 1. The second-order valence-corrected chi connectivity index (χ2v) is 7.30. The van der Waals surface area contributed by atoms with Crippen molar-refractivity contribution in [1.29, 1.82) is 0 Å². The van der Waals surface area contributed by atoms with E-state index < -0.39 is 0 Å². The van der Waals surface area contributed by atoms with Crippen LogP contribution in [0.5, 0.6) is 6.01 Å². The maximum Gasteiger partial charge on any atom is 0.316 e. The third-order valence-corrected chi connectivity index (χ3v) is 5.03. The number of ether oxygens (including phenoxy) is 1. The van der Waals surface area contributed by atoms with Crippen LogP contribution in [-0.2, 0) is 11.3 Å². The molecule has 1 saturated heterocycles. The summed E-state index contributed by atoms with van der Waals surface area (Å²) in [4.78, 5) is 39.1. The fraction of sp³-hybridized carbons (Fsp3) is 0.526. The molecule has 2 aromatic rings. The first-order valence-electron chi connectivity index (χ1n) is 9.38. The van der Waals surface area contributed by atoms with Crippen molar-refractivity contribution in [3.63, 3.8) is 0 Å². The van der Waals surface area contributed by atoms with Crippen molar-refractivity contribution >= 4 is 5.91 Å². The minimum Gasteiger partial charge on any atom is -0.460 e. The van der Waals surface area contributed by atoms with E-state index >= 15 is 0 Å². The molecule has 3 heterocycles. The van der Waals surface area contributed by atoms with Gasteiger partial charge in [0.1, 0.15) is 12.6 Å². The van der Waals surface area contributed by atoms with Gasteiger partial charge in [0.15, 0.2) is 0 Å². The van der Waals surface area contributed by atoms with Crippen LogP contribution < -0.4 is 10.3 Å². The Morgan fingerprint density at radius 1 is 1.15 bits per heavy atom. The molecule has 27 heavy (non-hydrogen) atoms. The van der Waals surface area contributed by atoms with E-state index in [1.807, 2.05) is 6.92 Å². The molecule has 0 unspecified atom stereocenters. The third kappa shape index (κ3) is 4.32. The fourth-order valence-electron chi connectivity index (χ4n) is 3.22. The highest BCUT2D eigenvalue weighted by atomic mass is 16.5. The molecule has 0 N–H and O–H groups in total. The first-order chi connectivity index (χ1) is 13.1. The highest BCUT2D eigenvalue weighted by Gasteiger charge is 2.27.